The number of aryl methyl sites for hydroxylation is 1. The molecule has 3 aromatic heterocycles. The average Bonchev–Trinajstić information content (AvgIpc) is 3.37. The van der Waals surface area contributed by atoms with Crippen LogP contribution in [0.4, 0.5) is 5.69 Å². The fourth-order valence-electron chi connectivity index (χ4n) is 4.91. The molecule has 5 rings (SSSR count). The molecule has 2 atom stereocenters. The molecule has 39 heavy (non-hydrogen) atoms. The first-order valence-electron chi connectivity index (χ1n) is 12.8. The molecule has 1 aromatic carbocycles. The molecule has 206 valence electrons. The number of benzene rings is 1. The highest BCUT2D eigenvalue weighted by molar-refractivity contribution is 7.89. The summed E-state index contributed by atoms with van der Waals surface area (Å²) in [6.07, 6.45) is 9.59. The Morgan fingerprint density at radius 3 is 2.54 bits per heavy atom. The van der Waals surface area contributed by atoms with Crippen LogP contribution in [-0.2, 0) is 22.7 Å². The van der Waals surface area contributed by atoms with Gasteiger partial charge in [0.1, 0.15) is 10.5 Å². The van der Waals surface area contributed by atoms with Gasteiger partial charge in [0.05, 0.1) is 22.4 Å². The molecule has 0 radical (unpaired) electrons. The Labute approximate surface area is 233 Å². The molecule has 12 heteroatoms. The number of rotatable bonds is 7. The van der Waals surface area contributed by atoms with Gasteiger partial charge in [-0.3, -0.25) is 9.67 Å². The number of hydrogen-bond donors (Lipinski definition) is 2. The van der Waals surface area contributed by atoms with Crippen molar-refractivity contribution in [2.45, 2.75) is 50.2 Å². The summed E-state index contributed by atoms with van der Waals surface area (Å²) in [5, 5.41) is 19.1. The highest BCUT2D eigenvalue weighted by Crippen LogP contribution is 2.35. The molecule has 1 saturated heterocycles. The van der Waals surface area contributed by atoms with Crippen LogP contribution in [0.5, 0.6) is 0 Å². The number of sulfonamides is 1. The van der Waals surface area contributed by atoms with Crippen molar-refractivity contribution in [1.29, 1.82) is 0 Å². The Morgan fingerprint density at radius 1 is 1.13 bits per heavy atom. The molecule has 1 aliphatic rings. The lowest BCUT2D eigenvalue weighted by Crippen LogP contribution is -2.44. The Morgan fingerprint density at radius 2 is 1.87 bits per heavy atom. The SMILES string of the molecule is C[C@H](Nc1c(Cl)cnc2ccc(-c3cnc(C(C)(C)O)nc3)cc12)C1CCCN(S(=O)(=O)c2cnn(C)c2)C1. The van der Waals surface area contributed by atoms with E-state index in [1.165, 1.54) is 17.1 Å². The summed E-state index contributed by atoms with van der Waals surface area (Å²) in [6.45, 7) is 6.23. The van der Waals surface area contributed by atoms with Gasteiger partial charge in [-0.15, -0.1) is 0 Å². The third kappa shape index (κ3) is 5.62. The average molecular weight is 570 g/mol. The maximum Gasteiger partial charge on any atom is 0.246 e. The van der Waals surface area contributed by atoms with E-state index < -0.39 is 15.6 Å². The van der Waals surface area contributed by atoms with Gasteiger partial charge in [0, 0.05) is 61.9 Å². The zero-order chi connectivity index (χ0) is 27.9. The number of halogens is 1. The lowest BCUT2D eigenvalue weighted by atomic mass is 9.92. The summed E-state index contributed by atoms with van der Waals surface area (Å²) in [5.41, 5.74) is 2.08. The van der Waals surface area contributed by atoms with Crippen LogP contribution in [0.1, 0.15) is 39.4 Å². The van der Waals surface area contributed by atoms with Gasteiger partial charge in [-0.05, 0) is 57.2 Å². The van der Waals surface area contributed by atoms with Gasteiger partial charge in [-0.1, -0.05) is 17.7 Å². The largest absolute Gasteiger partial charge is 0.382 e. The molecule has 2 N–H and O–H groups in total. The number of hydrogen-bond acceptors (Lipinski definition) is 8. The minimum Gasteiger partial charge on any atom is -0.382 e. The second kappa shape index (κ2) is 10.5. The van der Waals surface area contributed by atoms with Crippen LogP contribution in [-0.4, -0.2) is 61.7 Å². The predicted molar refractivity (Wildman–Crippen MR) is 151 cm³/mol. The van der Waals surface area contributed by atoms with Crippen LogP contribution in [0.25, 0.3) is 22.0 Å². The van der Waals surface area contributed by atoms with Crippen molar-refractivity contribution in [2.75, 3.05) is 18.4 Å². The number of aliphatic hydroxyl groups is 1. The standard InChI is InChI=1S/C27H32ClN7O3S/c1-17(19-6-5-9-35(15-19)39(37,38)21-13-32-34(4)16-21)33-25-22-10-18(7-8-24(22)29-14-23(25)28)20-11-30-26(31-12-20)27(2,3)36/h7-8,10-14,16-17,19,36H,5-6,9,15H2,1-4H3,(H,29,33)/t17-,19?/m0/s1. The molecule has 4 heterocycles. The second-order valence-corrected chi connectivity index (χ2v) is 13.0. The number of pyridine rings is 1. The van der Waals surface area contributed by atoms with Crippen LogP contribution in [0, 0.1) is 5.92 Å². The number of aromatic nitrogens is 5. The molecule has 10 nitrogen and oxygen atoms in total. The van der Waals surface area contributed by atoms with Gasteiger partial charge >= 0.3 is 0 Å². The maximum atomic E-state index is 13.2. The maximum absolute atomic E-state index is 13.2. The van der Waals surface area contributed by atoms with Crippen LogP contribution in [0.2, 0.25) is 5.02 Å². The highest BCUT2D eigenvalue weighted by Gasteiger charge is 2.33. The summed E-state index contributed by atoms with van der Waals surface area (Å²) in [6, 6.07) is 5.80. The van der Waals surface area contributed by atoms with Crippen molar-refractivity contribution in [3.05, 3.63) is 60.0 Å². The monoisotopic (exact) mass is 569 g/mol. The summed E-state index contributed by atoms with van der Waals surface area (Å²) in [4.78, 5) is 13.4. The van der Waals surface area contributed by atoms with Gasteiger partial charge in [0.25, 0.3) is 0 Å². The van der Waals surface area contributed by atoms with Crippen molar-refractivity contribution < 1.29 is 13.5 Å². The normalized spacial score (nSPS) is 17.8. The molecule has 1 unspecified atom stereocenters. The summed E-state index contributed by atoms with van der Waals surface area (Å²) >= 11 is 6.65. The van der Waals surface area contributed by atoms with E-state index in [9.17, 15) is 13.5 Å². The minimum atomic E-state index is -3.61. The summed E-state index contributed by atoms with van der Waals surface area (Å²) < 4.78 is 29.5. The Bertz CT molecular complexity index is 1600. The summed E-state index contributed by atoms with van der Waals surface area (Å²) in [7, 11) is -1.91. The molecular weight excluding hydrogens is 538 g/mol. The van der Waals surface area contributed by atoms with Gasteiger partial charge in [-0.25, -0.2) is 18.4 Å². The number of nitrogens with zero attached hydrogens (tertiary/aromatic N) is 6. The predicted octanol–water partition coefficient (Wildman–Crippen LogP) is 4.21. The molecule has 1 aliphatic heterocycles. The molecule has 0 amide bonds. The first-order chi connectivity index (χ1) is 18.4. The molecule has 0 saturated carbocycles. The fourth-order valence-corrected chi connectivity index (χ4v) is 6.64. The van der Waals surface area contributed by atoms with Crippen molar-refractivity contribution in [2.24, 2.45) is 13.0 Å². The quantitative estimate of drug-likeness (QED) is 0.339. The van der Waals surface area contributed by atoms with E-state index >= 15 is 0 Å². The fraction of sp³-hybridized carbons (Fsp3) is 0.407. The van der Waals surface area contributed by atoms with Gasteiger partial charge in [-0.2, -0.15) is 9.40 Å². The third-order valence-corrected chi connectivity index (χ3v) is 9.28. The van der Waals surface area contributed by atoms with Crippen molar-refractivity contribution >= 4 is 38.2 Å². The number of nitrogens with one attached hydrogen (secondary N) is 1. The van der Waals surface area contributed by atoms with E-state index in [1.807, 2.05) is 18.2 Å². The van der Waals surface area contributed by atoms with Crippen molar-refractivity contribution in [3.8, 4) is 11.1 Å². The van der Waals surface area contributed by atoms with Crippen LogP contribution >= 0.6 is 11.6 Å². The highest BCUT2D eigenvalue weighted by atomic mass is 35.5. The topological polar surface area (TPSA) is 126 Å². The molecule has 0 bridgehead atoms. The molecular formula is C27H32ClN7O3S. The van der Waals surface area contributed by atoms with Gasteiger partial charge < -0.3 is 10.4 Å². The van der Waals surface area contributed by atoms with Crippen molar-refractivity contribution in [3.63, 3.8) is 0 Å². The van der Waals surface area contributed by atoms with Crippen LogP contribution in [0.3, 0.4) is 0 Å². The zero-order valence-electron chi connectivity index (χ0n) is 22.3. The molecule has 4 aromatic rings. The van der Waals surface area contributed by atoms with E-state index in [0.717, 1.165) is 40.6 Å². The van der Waals surface area contributed by atoms with Gasteiger partial charge in [0.2, 0.25) is 10.0 Å². The lowest BCUT2D eigenvalue weighted by molar-refractivity contribution is 0.0687. The third-order valence-electron chi connectivity index (χ3n) is 7.17. The van der Waals surface area contributed by atoms with E-state index in [2.05, 4.69) is 32.3 Å². The van der Waals surface area contributed by atoms with Crippen LogP contribution in [0.15, 0.2) is 54.1 Å². The first kappa shape index (κ1) is 27.4. The Hall–Kier alpha value is -3.12. The molecule has 0 spiro atoms. The second-order valence-electron chi connectivity index (χ2n) is 10.6. The number of anilines is 1. The molecule has 1 fully saturated rings. The van der Waals surface area contributed by atoms with E-state index in [1.54, 1.807) is 43.8 Å². The number of fused-ring (bicyclic) bond motifs is 1. The van der Waals surface area contributed by atoms with Gasteiger partial charge in [0.15, 0.2) is 5.82 Å². The lowest BCUT2D eigenvalue weighted by Gasteiger charge is -2.35. The van der Waals surface area contributed by atoms with E-state index in [4.69, 9.17) is 11.6 Å². The zero-order valence-corrected chi connectivity index (χ0v) is 23.9. The van der Waals surface area contributed by atoms with Crippen LogP contribution < -0.4 is 5.32 Å². The minimum absolute atomic E-state index is 0.0574. The van der Waals surface area contributed by atoms with E-state index in [0.29, 0.717) is 23.9 Å². The van der Waals surface area contributed by atoms with E-state index in [-0.39, 0.29) is 16.9 Å². The Balaban J connectivity index is 1.40. The Kier molecular flexibility index (Phi) is 7.36. The number of piperidine rings is 1. The summed E-state index contributed by atoms with van der Waals surface area (Å²) in [5.74, 6) is 0.426. The van der Waals surface area contributed by atoms with Crippen molar-refractivity contribution in [1.82, 2.24) is 29.0 Å². The smallest absolute Gasteiger partial charge is 0.246 e. The first-order valence-corrected chi connectivity index (χ1v) is 14.6. The molecule has 0 aliphatic carbocycles.